The molecule has 3 aromatic rings. The zero-order chi connectivity index (χ0) is 15.9. The molecule has 0 unspecified atom stereocenters. The molecule has 0 atom stereocenters. The maximum atomic E-state index is 13.9. The van der Waals surface area contributed by atoms with E-state index in [9.17, 15) is 19.3 Å². The first-order valence-electron chi connectivity index (χ1n) is 6.55. The van der Waals surface area contributed by atoms with Gasteiger partial charge in [0.2, 0.25) is 0 Å². The molecule has 2 heterocycles. The minimum Gasteiger partial charge on any atom is -0.346 e. The van der Waals surface area contributed by atoms with Crippen LogP contribution in [0, 0.1) is 15.9 Å². The summed E-state index contributed by atoms with van der Waals surface area (Å²) >= 11 is 0. The van der Waals surface area contributed by atoms with Crippen molar-refractivity contribution in [3.63, 3.8) is 0 Å². The van der Waals surface area contributed by atoms with Crippen LogP contribution in [0.5, 0.6) is 0 Å². The molecular formula is C15H12FN3O3. The Kier molecular flexibility index (Phi) is 3.25. The van der Waals surface area contributed by atoms with Gasteiger partial charge in [0.25, 0.3) is 11.2 Å². The maximum absolute atomic E-state index is 13.9. The fourth-order valence-electron chi connectivity index (χ4n) is 2.50. The van der Waals surface area contributed by atoms with Gasteiger partial charge in [-0.25, -0.2) is 4.39 Å². The molecular weight excluding hydrogens is 289 g/mol. The van der Waals surface area contributed by atoms with Gasteiger partial charge in [0.1, 0.15) is 11.3 Å². The van der Waals surface area contributed by atoms with Crippen molar-refractivity contribution < 1.29 is 9.31 Å². The molecule has 6 nitrogen and oxygen atoms in total. The molecule has 0 aliphatic carbocycles. The van der Waals surface area contributed by atoms with E-state index in [1.54, 1.807) is 29.9 Å². The van der Waals surface area contributed by atoms with Crippen LogP contribution in [0.4, 0.5) is 10.1 Å². The molecule has 112 valence electrons. The van der Waals surface area contributed by atoms with Crippen LogP contribution < -0.4 is 5.56 Å². The largest absolute Gasteiger partial charge is 0.346 e. The highest BCUT2D eigenvalue weighted by Crippen LogP contribution is 2.22. The van der Waals surface area contributed by atoms with Crippen molar-refractivity contribution in [3.8, 4) is 0 Å². The molecule has 0 saturated carbocycles. The Labute approximate surface area is 124 Å². The lowest BCUT2D eigenvalue weighted by Gasteiger charge is -2.08. The molecule has 0 amide bonds. The molecule has 0 aliphatic rings. The van der Waals surface area contributed by atoms with Gasteiger partial charge in [-0.05, 0) is 18.2 Å². The molecule has 0 saturated heterocycles. The number of hydrogen-bond donors (Lipinski definition) is 0. The van der Waals surface area contributed by atoms with E-state index in [2.05, 4.69) is 0 Å². The van der Waals surface area contributed by atoms with Crippen molar-refractivity contribution in [3.05, 3.63) is 74.6 Å². The highest BCUT2D eigenvalue weighted by atomic mass is 19.1. The topological polar surface area (TPSA) is 70.1 Å². The lowest BCUT2D eigenvalue weighted by Crippen LogP contribution is -2.22. The van der Waals surface area contributed by atoms with E-state index >= 15 is 0 Å². The van der Waals surface area contributed by atoms with Crippen LogP contribution >= 0.6 is 0 Å². The average molecular weight is 301 g/mol. The Bertz CT molecular complexity index is 943. The van der Waals surface area contributed by atoms with E-state index in [0.29, 0.717) is 5.52 Å². The van der Waals surface area contributed by atoms with Crippen LogP contribution in [0.3, 0.4) is 0 Å². The number of fused-ring (bicyclic) bond motifs is 1. The Morgan fingerprint density at radius 1 is 1.23 bits per heavy atom. The standard InChI is InChI=1S/C15H12FN3O3/c1-17-7-5-10-6-8-18(15(20)14(10)17)9-11-12(16)3-2-4-13(11)19(21)22/h2-8H,9H2,1H3. The number of pyridine rings is 1. The van der Waals surface area contributed by atoms with Gasteiger partial charge in [-0.2, -0.15) is 0 Å². The van der Waals surface area contributed by atoms with E-state index < -0.39 is 10.7 Å². The zero-order valence-corrected chi connectivity index (χ0v) is 11.7. The van der Waals surface area contributed by atoms with Crippen molar-refractivity contribution in [2.75, 3.05) is 0 Å². The minimum absolute atomic E-state index is 0.108. The van der Waals surface area contributed by atoms with Crippen molar-refractivity contribution in [2.45, 2.75) is 6.54 Å². The molecule has 0 radical (unpaired) electrons. The van der Waals surface area contributed by atoms with Gasteiger partial charge in [-0.15, -0.1) is 0 Å². The third kappa shape index (κ3) is 2.16. The Morgan fingerprint density at radius 3 is 2.68 bits per heavy atom. The van der Waals surface area contributed by atoms with Gasteiger partial charge >= 0.3 is 0 Å². The van der Waals surface area contributed by atoms with Crippen molar-refractivity contribution in [2.24, 2.45) is 7.05 Å². The third-order valence-electron chi connectivity index (χ3n) is 3.62. The van der Waals surface area contributed by atoms with Gasteiger partial charge in [-0.1, -0.05) is 6.07 Å². The normalized spacial score (nSPS) is 11.0. The summed E-state index contributed by atoms with van der Waals surface area (Å²) in [6.07, 6.45) is 3.27. The van der Waals surface area contributed by atoms with Crippen molar-refractivity contribution in [1.82, 2.24) is 9.13 Å². The number of hydrogen-bond acceptors (Lipinski definition) is 3. The van der Waals surface area contributed by atoms with Gasteiger partial charge in [0.15, 0.2) is 0 Å². The first-order valence-corrected chi connectivity index (χ1v) is 6.55. The summed E-state index contributed by atoms with van der Waals surface area (Å²) in [7, 11) is 1.74. The predicted octanol–water partition coefficient (Wildman–Crippen LogP) is 2.44. The van der Waals surface area contributed by atoms with E-state index in [-0.39, 0.29) is 23.4 Å². The van der Waals surface area contributed by atoms with Crippen LogP contribution in [-0.2, 0) is 13.6 Å². The highest BCUT2D eigenvalue weighted by molar-refractivity contribution is 5.78. The lowest BCUT2D eigenvalue weighted by atomic mass is 10.1. The monoisotopic (exact) mass is 301 g/mol. The summed E-state index contributed by atoms with van der Waals surface area (Å²) in [5, 5.41) is 11.8. The minimum atomic E-state index is -0.701. The number of rotatable bonds is 3. The Hall–Kier alpha value is -2.96. The molecule has 3 rings (SSSR count). The summed E-state index contributed by atoms with van der Waals surface area (Å²) in [6.45, 7) is -0.192. The SMILES string of the molecule is Cn1ccc2ccn(Cc3c(F)cccc3[N+](=O)[O-])c(=O)c21. The molecule has 0 aliphatic heterocycles. The molecule has 7 heteroatoms. The van der Waals surface area contributed by atoms with Crippen molar-refractivity contribution in [1.29, 1.82) is 0 Å². The number of benzene rings is 1. The van der Waals surface area contributed by atoms with Crippen molar-refractivity contribution >= 4 is 16.6 Å². The second kappa shape index (κ2) is 5.10. The summed E-state index contributed by atoms with van der Waals surface area (Å²) in [5.74, 6) is -0.701. The Balaban J connectivity index is 2.15. The summed E-state index contributed by atoms with van der Waals surface area (Å²) in [4.78, 5) is 22.8. The summed E-state index contributed by atoms with van der Waals surface area (Å²) < 4.78 is 16.9. The molecule has 1 aromatic carbocycles. The fraction of sp³-hybridized carbons (Fsp3) is 0.133. The van der Waals surface area contributed by atoms with Gasteiger partial charge < -0.3 is 9.13 Å². The van der Waals surface area contributed by atoms with Crippen LogP contribution in [0.15, 0.2) is 47.5 Å². The predicted molar refractivity (Wildman–Crippen MR) is 79.3 cm³/mol. The first-order chi connectivity index (χ1) is 10.5. The molecule has 0 bridgehead atoms. The van der Waals surface area contributed by atoms with Crippen LogP contribution in [0.1, 0.15) is 5.56 Å². The second-order valence-electron chi connectivity index (χ2n) is 4.97. The van der Waals surface area contributed by atoms with Crippen LogP contribution in [0.2, 0.25) is 0 Å². The average Bonchev–Trinajstić information content (AvgIpc) is 2.85. The van der Waals surface area contributed by atoms with Gasteiger partial charge in [0.05, 0.1) is 17.0 Å². The molecule has 0 N–H and O–H groups in total. The van der Waals surface area contributed by atoms with Gasteiger partial charge in [-0.3, -0.25) is 14.9 Å². The van der Waals surface area contributed by atoms with E-state index in [4.69, 9.17) is 0 Å². The highest BCUT2D eigenvalue weighted by Gasteiger charge is 2.19. The smallest absolute Gasteiger partial charge is 0.277 e. The van der Waals surface area contributed by atoms with E-state index in [1.165, 1.54) is 22.9 Å². The number of nitrogens with zero attached hydrogens (tertiary/aromatic N) is 3. The quantitative estimate of drug-likeness (QED) is 0.551. The van der Waals surface area contributed by atoms with Gasteiger partial charge in [0, 0.05) is 30.9 Å². The summed E-state index contributed by atoms with van der Waals surface area (Å²) in [6, 6.07) is 7.18. The molecule has 2 aromatic heterocycles. The number of nitro groups is 1. The first kappa shape index (κ1) is 14.0. The lowest BCUT2D eigenvalue weighted by molar-refractivity contribution is -0.385. The zero-order valence-electron chi connectivity index (χ0n) is 11.7. The molecule has 22 heavy (non-hydrogen) atoms. The van der Waals surface area contributed by atoms with Crippen LogP contribution in [-0.4, -0.2) is 14.1 Å². The third-order valence-corrected chi connectivity index (χ3v) is 3.62. The maximum Gasteiger partial charge on any atom is 0.277 e. The van der Waals surface area contributed by atoms with E-state index in [0.717, 1.165) is 11.5 Å². The number of halogens is 1. The second-order valence-corrected chi connectivity index (χ2v) is 4.97. The number of aryl methyl sites for hydroxylation is 1. The fourth-order valence-corrected chi connectivity index (χ4v) is 2.50. The number of nitro benzene ring substituents is 1. The Morgan fingerprint density at radius 2 is 1.95 bits per heavy atom. The molecule has 0 fully saturated rings. The van der Waals surface area contributed by atoms with E-state index in [1.807, 2.05) is 0 Å². The van der Waals surface area contributed by atoms with Crippen LogP contribution in [0.25, 0.3) is 10.9 Å². The molecule has 0 spiro atoms. The number of aromatic nitrogens is 2. The summed E-state index contributed by atoms with van der Waals surface area (Å²) in [5.41, 5.74) is -0.286.